The van der Waals surface area contributed by atoms with Gasteiger partial charge >= 0.3 is 5.97 Å². The van der Waals surface area contributed by atoms with E-state index in [1.165, 1.54) is 0 Å². The second kappa shape index (κ2) is 7.07. The Hall–Kier alpha value is -0.650. The smallest absolute Gasteiger partial charge is 0.303 e. The average molecular weight is 300 g/mol. The van der Waals surface area contributed by atoms with Crippen molar-refractivity contribution in [2.24, 2.45) is 5.92 Å². The molecule has 122 valence electrons. The zero-order valence-electron chi connectivity index (χ0n) is 13.3. The van der Waals surface area contributed by atoms with E-state index in [4.69, 9.17) is 19.3 Å². The minimum atomic E-state index is -0.728. The first-order valence-electron chi connectivity index (χ1n) is 8.03. The van der Waals surface area contributed by atoms with Crippen LogP contribution in [0.4, 0.5) is 0 Å². The largest absolute Gasteiger partial charge is 0.481 e. The number of carbonyl (C=O) groups is 1. The van der Waals surface area contributed by atoms with Crippen LogP contribution in [0, 0.1) is 5.92 Å². The van der Waals surface area contributed by atoms with Crippen LogP contribution < -0.4 is 0 Å². The summed E-state index contributed by atoms with van der Waals surface area (Å²) in [6, 6.07) is 0. The van der Waals surface area contributed by atoms with Crippen molar-refractivity contribution >= 4 is 5.97 Å². The van der Waals surface area contributed by atoms with Gasteiger partial charge < -0.3 is 19.3 Å². The van der Waals surface area contributed by atoms with Crippen LogP contribution in [0.5, 0.6) is 0 Å². The molecule has 2 rings (SSSR count). The SMILES string of the molecule is C[C@@H](CC(=O)O)C[C@@H]1CCC[C@H](CC2COC(C)(C)O2)O1. The van der Waals surface area contributed by atoms with E-state index in [1.807, 2.05) is 20.8 Å². The molecule has 1 N–H and O–H groups in total. The summed E-state index contributed by atoms with van der Waals surface area (Å²) in [6.07, 6.45) is 5.67. The Morgan fingerprint density at radius 3 is 2.62 bits per heavy atom. The third kappa shape index (κ3) is 5.57. The molecule has 2 saturated heterocycles. The molecule has 0 aromatic heterocycles. The summed E-state index contributed by atoms with van der Waals surface area (Å²) in [5, 5.41) is 8.83. The molecule has 21 heavy (non-hydrogen) atoms. The molecular formula is C16H28O5. The molecule has 1 unspecified atom stereocenters. The summed E-state index contributed by atoms with van der Waals surface area (Å²) in [5.74, 6) is -1.04. The Kier molecular flexibility index (Phi) is 5.63. The van der Waals surface area contributed by atoms with Crippen molar-refractivity contribution in [1.29, 1.82) is 0 Å². The van der Waals surface area contributed by atoms with Gasteiger partial charge in [-0.3, -0.25) is 4.79 Å². The molecule has 0 spiro atoms. The topological polar surface area (TPSA) is 65.0 Å². The van der Waals surface area contributed by atoms with Crippen molar-refractivity contribution in [2.45, 2.75) is 83.4 Å². The Morgan fingerprint density at radius 1 is 1.29 bits per heavy atom. The molecule has 2 fully saturated rings. The van der Waals surface area contributed by atoms with Gasteiger partial charge in [-0.15, -0.1) is 0 Å². The van der Waals surface area contributed by atoms with E-state index < -0.39 is 11.8 Å². The van der Waals surface area contributed by atoms with Gasteiger partial charge in [0.05, 0.1) is 24.9 Å². The third-order valence-corrected chi connectivity index (χ3v) is 4.22. The third-order valence-electron chi connectivity index (χ3n) is 4.22. The Labute approximate surface area is 126 Å². The molecule has 0 bridgehead atoms. The highest BCUT2D eigenvalue weighted by molar-refractivity contribution is 5.66. The molecule has 0 aromatic rings. The number of aliphatic carboxylic acids is 1. The van der Waals surface area contributed by atoms with Crippen LogP contribution in [-0.4, -0.2) is 41.8 Å². The maximum absolute atomic E-state index is 10.7. The van der Waals surface area contributed by atoms with E-state index in [1.54, 1.807) is 0 Å². The number of carboxylic acids is 1. The first-order valence-corrected chi connectivity index (χ1v) is 8.03. The first-order chi connectivity index (χ1) is 9.84. The van der Waals surface area contributed by atoms with Crippen molar-refractivity contribution in [3.8, 4) is 0 Å². The van der Waals surface area contributed by atoms with Crippen molar-refractivity contribution < 1.29 is 24.1 Å². The molecule has 0 aliphatic carbocycles. The van der Waals surface area contributed by atoms with Crippen molar-refractivity contribution in [1.82, 2.24) is 0 Å². The Morgan fingerprint density at radius 2 is 2.00 bits per heavy atom. The van der Waals surface area contributed by atoms with Gasteiger partial charge in [-0.1, -0.05) is 6.92 Å². The fourth-order valence-electron chi connectivity index (χ4n) is 3.33. The van der Waals surface area contributed by atoms with Crippen molar-refractivity contribution in [3.05, 3.63) is 0 Å². The summed E-state index contributed by atoms with van der Waals surface area (Å²) in [4.78, 5) is 10.7. The first kappa shape index (κ1) is 16.7. The number of carboxylic acid groups (broad SMARTS) is 1. The fraction of sp³-hybridized carbons (Fsp3) is 0.938. The quantitative estimate of drug-likeness (QED) is 0.817. The molecule has 2 aliphatic rings. The minimum Gasteiger partial charge on any atom is -0.481 e. The molecule has 0 radical (unpaired) electrons. The highest BCUT2D eigenvalue weighted by atomic mass is 16.7. The molecule has 5 nitrogen and oxygen atoms in total. The minimum absolute atomic E-state index is 0.111. The number of hydrogen-bond acceptors (Lipinski definition) is 4. The maximum atomic E-state index is 10.7. The lowest BCUT2D eigenvalue weighted by Gasteiger charge is -2.32. The Bertz CT molecular complexity index is 355. The summed E-state index contributed by atoms with van der Waals surface area (Å²) in [6.45, 7) is 6.49. The van der Waals surface area contributed by atoms with Gasteiger partial charge in [0.15, 0.2) is 5.79 Å². The number of rotatable bonds is 6. The van der Waals surface area contributed by atoms with Crippen LogP contribution >= 0.6 is 0 Å². The van der Waals surface area contributed by atoms with E-state index in [-0.39, 0.29) is 30.7 Å². The van der Waals surface area contributed by atoms with Crippen LogP contribution in [0.1, 0.15) is 59.3 Å². The van der Waals surface area contributed by atoms with Crippen LogP contribution in [0.2, 0.25) is 0 Å². The zero-order chi connectivity index (χ0) is 15.5. The van der Waals surface area contributed by atoms with Crippen LogP contribution in [-0.2, 0) is 19.0 Å². The molecule has 2 aliphatic heterocycles. The molecule has 0 aromatic carbocycles. The van der Waals surface area contributed by atoms with E-state index in [2.05, 4.69) is 0 Å². The van der Waals surface area contributed by atoms with Crippen molar-refractivity contribution in [2.75, 3.05) is 6.61 Å². The highest BCUT2D eigenvalue weighted by Gasteiger charge is 2.35. The lowest BCUT2D eigenvalue weighted by atomic mass is 9.93. The Balaban J connectivity index is 1.74. The molecular weight excluding hydrogens is 272 g/mol. The molecule has 0 amide bonds. The second-order valence-corrected chi connectivity index (χ2v) is 6.94. The molecule has 4 atom stereocenters. The zero-order valence-corrected chi connectivity index (χ0v) is 13.3. The van der Waals surface area contributed by atoms with Gasteiger partial charge in [0, 0.05) is 12.8 Å². The van der Waals surface area contributed by atoms with E-state index >= 15 is 0 Å². The lowest BCUT2D eigenvalue weighted by Crippen LogP contribution is -2.33. The summed E-state index contributed by atoms with van der Waals surface area (Å²) >= 11 is 0. The molecule has 5 heteroatoms. The van der Waals surface area contributed by atoms with Gasteiger partial charge in [-0.25, -0.2) is 0 Å². The van der Waals surface area contributed by atoms with Crippen LogP contribution in [0.25, 0.3) is 0 Å². The van der Waals surface area contributed by atoms with Crippen LogP contribution in [0.15, 0.2) is 0 Å². The average Bonchev–Trinajstić information content (AvgIpc) is 2.67. The van der Waals surface area contributed by atoms with Gasteiger partial charge in [0.1, 0.15) is 0 Å². The normalized spacial score (nSPS) is 33.8. The standard InChI is InChI=1S/C16H28O5/c1-11(8-15(17)18)7-12-5-4-6-13(20-12)9-14-10-19-16(2,3)21-14/h11-14H,4-10H2,1-3H3,(H,17,18)/t11-,12+,13-,14?/m1/s1. The van der Waals surface area contributed by atoms with E-state index in [0.29, 0.717) is 6.61 Å². The van der Waals surface area contributed by atoms with Gasteiger partial charge in [0.2, 0.25) is 0 Å². The molecule has 0 saturated carbocycles. The number of hydrogen-bond donors (Lipinski definition) is 1. The number of ether oxygens (including phenoxy) is 3. The molecule has 2 heterocycles. The van der Waals surface area contributed by atoms with Crippen molar-refractivity contribution in [3.63, 3.8) is 0 Å². The van der Waals surface area contributed by atoms with Gasteiger partial charge in [-0.2, -0.15) is 0 Å². The fourth-order valence-corrected chi connectivity index (χ4v) is 3.33. The van der Waals surface area contributed by atoms with Crippen LogP contribution in [0.3, 0.4) is 0 Å². The highest BCUT2D eigenvalue weighted by Crippen LogP contribution is 2.31. The monoisotopic (exact) mass is 300 g/mol. The van der Waals surface area contributed by atoms with Gasteiger partial charge in [0.25, 0.3) is 0 Å². The lowest BCUT2D eigenvalue weighted by molar-refractivity contribution is -0.147. The predicted molar refractivity (Wildman–Crippen MR) is 78.1 cm³/mol. The second-order valence-electron chi connectivity index (χ2n) is 6.94. The predicted octanol–water partition coefficient (Wildman–Crippen LogP) is 2.97. The van der Waals surface area contributed by atoms with E-state index in [0.717, 1.165) is 32.1 Å². The summed E-state index contributed by atoms with van der Waals surface area (Å²) in [7, 11) is 0. The summed E-state index contributed by atoms with van der Waals surface area (Å²) in [5.41, 5.74) is 0. The van der Waals surface area contributed by atoms with Gasteiger partial charge in [-0.05, 0) is 45.4 Å². The summed E-state index contributed by atoms with van der Waals surface area (Å²) < 4.78 is 17.6. The van der Waals surface area contributed by atoms with E-state index in [9.17, 15) is 4.79 Å². The maximum Gasteiger partial charge on any atom is 0.303 e.